The first-order valence-corrected chi connectivity index (χ1v) is 9.45. The second-order valence-electron chi connectivity index (χ2n) is 7.40. The van der Waals surface area contributed by atoms with E-state index >= 15 is 0 Å². The number of ether oxygens (including phenoxy) is 1. The number of likely N-dealkylation sites (tertiary alicyclic amines) is 2. The first-order valence-electron chi connectivity index (χ1n) is 9.45. The fourth-order valence-electron chi connectivity index (χ4n) is 3.99. The highest BCUT2D eigenvalue weighted by Gasteiger charge is 2.40. The summed E-state index contributed by atoms with van der Waals surface area (Å²) in [5.74, 6) is 1.80. The molecule has 140 valence electrons. The number of carbonyl (C=O) groups is 1. The zero-order valence-electron chi connectivity index (χ0n) is 15.5. The van der Waals surface area contributed by atoms with Crippen LogP contribution in [-0.4, -0.2) is 65.7 Å². The van der Waals surface area contributed by atoms with Gasteiger partial charge in [-0.1, -0.05) is 12.1 Å². The highest BCUT2D eigenvalue weighted by Crippen LogP contribution is 2.40. The molecule has 2 aliphatic heterocycles. The molecule has 0 unspecified atom stereocenters. The second kappa shape index (κ2) is 8.27. The molecular formula is C18H30N4O3. The van der Waals surface area contributed by atoms with Gasteiger partial charge in [0.25, 0.3) is 0 Å². The molecule has 3 heterocycles. The summed E-state index contributed by atoms with van der Waals surface area (Å²) in [5.41, 5.74) is 0.293. The lowest BCUT2D eigenvalue weighted by Crippen LogP contribution is -2.51. The molecule has 1 aromatic heterocycles. The van der Waals surface area contributed by atoms with Gasteiger partial charge in [-0.15, -0.1) is 0 Å². The summed E-state index contributed by atoms with van der Waals surface area (Å²) in [6.45, 7) is 7.27. The van der Waals surface area contributed by atoms with Crippen LogP contribution in [0.5, 0.6) is 0 Å². The van der Waals surface area contributed by atoms with Gasteiger partial charge in [0.05, 0.1) is 6.54 Å². The SMILES string of the molecule is CCc1noc(CN2CCC3(CCC(=O)N(CCCOC)C3)CC2)n1. The number of carbonyl (C=O) groups excluding carboxylic acids is 1. The number of methoxy groups -OCH3 is 1. The summed E-state index contributed by atoms with van der Waals surface area (Å²) in [6, 6.07) is 0. The zero-order valence-corrected chi connectivity index (χ0v) is 15.5. The third-order valence-corrected chi connectivity index (χ3v) is 5.63. The fourth-order valence-corrected chi connectivity index (χ4v) is 3.99. The molecule has 2 aliphatic rings. The first-order chi connectivity index (χ1) is 12.1. The maximum atomic E-state index is 12.2. The van der Waals surface area contributed by atoms with Gasteiger partial charge in [-0.05, 0) is 44.2 Å². The maximum absolute atomic E-state index is 12.2. The van der Waals surface area contributed by atoms with Crippen LogP contribution in [0.1, 0.15) is 50.7 Å². The molecule has 1 aromatic rings. The molecule has 25 heavy (non-hydrogen) atoms. The minimum absolute atomic E-state index is 0.293. The summed E-state index contributed by atoms with van der Waals surface area (Å²) < 4.78 is 10.4. The highest BCUT2D eigenvalue weighted by molar-refractivity contribution is 5.77. The van der Waals surface area contributed by atoms with E-state index < -0.39 is 0 Å². The van der Waals surface area contributed by atoms with Gasteiger partial charge in [0.15, 0.2) is 5.82 Å². The topological polar surface area (TPSA) is 71.7 Å². The number of hydrogen-bond donors (Lipinski definition) is 0. The average Bonchev–Trinajstić information content (AvgIpc) is 3.08. The standard InChI is InChI=1S/C18H30N4O3/c1-3-15-19-16(25-20-15)13-21-10-7-18(8-11-21)6-5-17(23)22(14-18)9-4-12-24-2/h3-14H2,1-2H3. The van der Waals surface area contributed by atoms with Crippen molar-refractivity contribution in [3.05, 3.63) is 11.7 Å². The van der Waals surface area contributed by atoms with E-state index in [4.69, 9.17) is 9.26 Å². The number of piperidine rings is 2. The molecular weight excluding hydrogens is 320 g/mol. The van der Waals surface area contributed by atoms with E-state index in [9.17, 15) is 4.79 Å². The Morgan fingerprint density at radius 3 is 2.76 bits per heavy atom. The molecule has 2 fully saturated rings. The Balaban J connectivity index is 1.50. The van der Waals surface area contributed by atoms with Gasteiger partial charge < -0.3 is 14.2 Å². The van der Waals surface area contributed by atoms with Crippen molar-refractivity contribution >= 4 is 5.91 Å². The lowest BCUT2D eigenvalue weighted by molar-refractivity contribution is -0.139. The van der Waals surface area contributed by atoms with Crippen molar-refractivity contribution < 1.29 is 14.1 Å². The van der Waals surface area contributed by atoms with Crippen LogP contribution < -0.4 is 0 Å². The van der Waals surface area contributed by atoms with Crippen LogP contribution in [-0.2, 0) is 22.5 Å². The molecule has 0 aliphatic carbocycles. The van der Waals surface area contributed by atoms with E-state index in [0.29, 0.717) is 30.2 Å². The van der Waals surface area contributed by atoms with Gasteiger partial charge in [-0.2, -0.15) is 4.98 Å². The van der Waals surface area contributed by atoms with Gasteiger partial charge in [0.1, 0.15) is 0 Å². The fraction of sp³-hybridized carbons (Fsp3) is 0.833. The van der Waals surface area contributed by atoms with E-state index in [-0.39, 0.29) is 0 Å². The average molecular weight is 350 g/mol. The number of aryl methyl sites for hydroxylation is 1. The molecule has 0 bridgehead atoms. The highest BCUT2D eigenvalue weighted by atomic mass is 16.5. The molecule has 0 aromatic carbocycles. The van der Waals surface area contributed by atoms with Crippen LogP contribution in [0, 0.1) is 5.41 Å². The van der Waals surface area contributed by atoms with E-state index in [1.54, 1.807) is 7.11 Å². The number of rotatable bonds is 7. The lowest BCUT2D eigenvalue weighted by atomic mass is 9.72. The van der Waals surface area contributed by atoms with Crippen LogP contribution in [0.25, 0.3) is 0 Å². The summed E-state index contributed by atoms with van der Waals surface area (Å²) in [4.78, 5) is 21.1. The minimum Gasteiger partial charge on any atom is -0.385 e. The van der Waals surface area contributed by atoms with Crippen LogP contribution in [0.4, 0.5) is 0 Å². The van der Waals surface area contributed by atoms with E-state index in [2.05, 4.69) is 19.9 Å². The summed E-state index contributed by atoms with van der Waals surface area (Å²) in [5, 5.41) is 3.97. The van der Waals surface area contributed by atoms with Crippen LogP contribution in [0.3, 0.4) is 0 Å². The Morgan fingerprint density at radius 2 is 2.08 bits per heavy atom. The Labute approximate surface area is 149 Å². The predicted molar refractivity (Wildman–Crippen MR) is 92.9 cm³/mol. The van der Waals surface area contributed by atoms with Crippen molar-refractivity contribution in [2.24, 2.45) is 5.41 Å². The molecule has 3 rings (SSSR count). The van der Waals surface area contributed by atoms with Crippen molar-refractivity contribution in [2.45, 2.75) is 52.0 Å². The Bertz CT molecular complexity index is 566. The van der Waals surface area contributed by atoms with Crippen molar-refractivity contribution in [3.63, 3.8) is 0 Å². The summed E-state index contributed by atoms with van der Waals surface area (Å²) in [6.07, 6.45) is 5.71. The van der Waals surface area contributed by atoms with Crippen LogP contribution in [0.15, 0.2) is 4.52 Å². The molecule has 0 saturated carbocycles. The lowest BCUT2D eigenvalue weighted by Gasteiger charge is -2.47. The smallest absolute Gasteiger partial charge is 0.240 e. The van der Waals surface area contributed by atoms with E-state index in [1.165, 1.54) is 0 Å². The Kier molecular flexibility index (Phi) is 6.06. The van der Waals surface area contributed by atoms with Crippen molar-refractivity contribution in [1.82, 2.24) is 19.9 Å². The third kappa shape index (κ3) is 4.58. The predicted octanol–water partition coefficient (Wildman–Crippen LogP) is 1.87. The summed E-state index contributed by atoms with van der Waals surface area (Å²) in [7, 11) is 1.71. The molecule has 7 heteroatoms. The minimum atomic E-state index is 0.293. The van der Waals surface area contributed by atoms with Crippen molar-refractivity contribution in [2.75, 3.05) is 39.9 Å². The second-order valence-corrected chi connectivity index (χ2v) is 7.40. The van der Waals surface area contributed by atoms with Crippen molar-refractivity contribution in [3.8, 4) is 0 Å². The monoisotopic (exact) mass is 350 g/mol. The third-order valence-electron chi connectivity index (χ3n) is 5.63. The first kappa shape index (κ1) is 18.3. The molecule has 0 radical (unpaired) electrons. The Morgan fingerprint density at radius 1 is 1.28 bits per heavy atom. The van der Waals surface area contributed by atoms with Gasteiger partial charge in [-0.25, -0.2) is 0 Å². The molecule has 1 spiro atoms. The van der Waals surface area contributed by atoms with Crippen LogP contribution >= 0.6 is 0 Å². The largest absolute Gasteiger partial charge is 0.385 e. The molecule has 7 nitrogen and oxygen atoms in total. The number of nitrogens with zero attached hydrogens (tertiary/aromatic N) is 4. The number of aromatic nitrogens is 2. The molecule has 1 amide bonds. The van der Waals surface area contributed by atoms with Gasteiger partial charge >= 0.3 is 0 Å². The molecule has 2 saturated heterocycles. The van der Waals surface area contributed by atoms with Gasteiger partial charge in [-0.3, -0.25) is 9.69 Å². The molecule has 0 atom stereocenters. The van der Waals surface area contributed by atoms with E-state index in [1.807, 2.05) is 6.92 Å². The Hall–Kier alpha value is -1.47. The normalized spacial score (nSPS) is 21.2. The van der Waals surface area contributed by atoms with Crippen LogP contribution in [0.2, 0.25) is 0 Å². The maximum Gasteiger partial charge on any atom is 0.240 e. The molecule has 0 N–H and O–H groups in total. The van der Waals surface area contributed by atoms with Gasteiger partial charge in [0.2, 0.25) is 11.8 Å². The van der Waals surface area contributed by atoms with E-state index in [0.717, 1.165) is 70.7 Å². The summed E-state index contributed by atoms with van der Waals surface area (Å²) >= 11 is 0. The van der Waals surface area contributed by atoms with Gasteiger partial charge in [0, 0.05) is 39.6 Å². The number of hydrogen-bond acceptors (Lipinski definition) is 6. The van der Waals surface area contributed by atoms with Crippen molar-refractivity contribution in [1.29, 1.82) is 0 Å². The number of amides is 1. The zero-order chi connectivity index (χ0) is 17.7. The quantitative estimate of drug-likeness (QED) is 0.699.